The molecule has 2 nitrogen and oxygen atoms in total. The van der Waals surface area contributed by atoms with Crippen molar-refractivity contribution < 1.29 is 10.2 Å². The van der Waals surface area contributed by atoms with E-state index in [2.05, 4.69) is 6.58 Å². The van der Waals surface area contributed by atoms with Gasteiger partial charge in [0, 0.05) is 6.42 Å². The van der Waals surface area contributed by atoms with Gasteiger partial charge in [-0.05, 0) is 6.42 Å². The quantitative estimate of drug-likeness (QED) is 0.550. The lowest BCUT2D eigenvalue weighted by atomic mass is 10.1. The van der Waals surface area contributed by atoms with Gasteiger partial charge in [0.05, 0.1) is 12.2 Å². The smallest absolute Gasteiger partial charge is 0.0742 e. The molecule has 2 N–H and O–H groups in total. The third kappa shape index (κ3) is 4.18. The second-order valence-corrected chi connectivity index (χ2v) is 2.10. The lowest BCUT2D eigenvalue weighted by Gasteiger charge is -2.09. The van der Waals surface area contributed by atoms with Crippen molar-refractivity contribution in [3.63, 3.8) is 0 Å². The Bertz CT molecular complexity index is 81.0. The van der Waals surface area contributed by atoms with Crippen molar-refractivity contribution in [3.8, 4) is 0 Å². The van der Waals surface area contributed by atoms with Crippen LogP contribution in [0.25, 0.3) is 0 Å². The molecule has 9 heavy (non-hydrogen) atoms. The van der Waals surface area contributed by atoms with Crippen LogP contribution in [0.5, 0.6) is 0 Å². The maximum absolute atomic E-state index is 8.95. The molecule has 0 aromatic rings. The molecule has 0 saturated heterocycles. The summed E-state index contributed by atoms with van der Waals surface area (Å²) in [7, 11) is 0. The monoisotopic (exact) mass is 130 g/mol. The Kier molecular flexibility index (Phi) is 4.36. The van der Waals surface area contributed by atoms with E-state index in [1.54, 1.807) is 0 Å². The third-order valence-electron chi connectivity index (χ3n) is 1.26. The number of hydrogen-bond acceptors (Lipinski definition) is 2. The molecule has 0 heterocycles. The summed E-state index contributed by atoms with van der Waals surface area (Å²) in [6.07, 6.45) is 1.57. The standard InChI is InChI=1S/C7H14O2/c1-3-6(8)5-7(9)4-2/h3,6-9H,1,4-5H2,2H3/t6-,7-/m1/s1. The Morgan fingerprint density at radius 3 is 2.44 bits per heavy atom. The van der Waals surface area contributed by atoms with E-state index in [4.69, 9.17) is 10.2 Å². The normalized spacial score (nSPS) is 16.8. The lowest BCUT2D eigenvalue weighted by molar-refractivity contribution is 0.101. The first-order chi connectivity index (χ1) is 4.20. The van der Waals surface area contributed by atoms with E-state index in [1.165, 1.54) is 6.08 Å². The zero-order valence-corrected chi connectivity index (χ0v) is 5.75. The molecule has 2 heteroatoms. The molecule has 0 aromatic carbocycles. The molecule has 0 unspecified atom stereocenters. The van der Waals surface area contributed by atoms with Gasteiger partial charge in [0.25, 0.3) is 0 Å². The number of aliphatic hydroxyl groups is 2. The van der Waals surface area contributed by atoms with Crippen molar-refractivity contribution in [3.05, 3.63) is 12.7 Å². The first-order valence-corrected chi connectivity index (χ1v) is 3.19. The fourth-order valence-electron chi connectivity index (χ4n) is 0.542. The minimum atomic E-state index is -0.556. The van der Waals surface area contributed by atoms with Crippen LogP contribution in [0.3, 0.4) is 0 Å². The van der Waals surface area contributed by atoms with Gasteiger partial charge in [-0.25, -0.2) is 0 Å². The van der Waals surface area contributed by atoms with Crippen LogP contribution in [0, 0.1) is 0 Å². The number of aliphatic hydroxyl groups excluding tert-OH is 2. The highest BCUT2D eigenvalue weighted by atomic mass is 16.3. The van der Waals surface area contributed by atoms with Crippen molar-refractivity contribution in [1.82, 2.24) is 0 Å². The maximum atomic E-state index is 8.95. The Morgan fingerprint density at radius 1 is 1.56 bits per heavy atom. The molecular weight excluding hydrogens is 116 g/mol. The molecule has 0 bridgehead atoms. The molecule has 0 aliphatic rings. The zero-order chi connectivity index (χ0) is 7.28. The highest BCUT2D eigenvalue weighted by molar-refractivity contribution is 4.79. The van der Waals surface area contributed by atoms with Crippen LogP contribution in [0.15, 0.2) is 12.7 Å². The topological polar surface area (TPSA) is 40.5 Å². The van der Waals surface area contributed by atoms with Gasteiger partial charge in [-0.1, -0.05) is 13.0 Å². The third-order valence-corrected chi connectivity index (χ3v) is 1.26. The van der Waals surface area contributed by atoms with E-state index in [1.807, 2.05) is 6.92 Å². The summed E-state index contributed by atoms with van der Waals surface area (Å²) in [6.45, 7) is 5.26. The molecule has 0 radical (unpaired) electrons. The minimum Gasteiger partial charge on any atom is -0.393 e. The zero-order valence-electron chi connectivity index (χ0n) is 5.75. The average molecular weight is 130 g/mol. The van der Waals surface area contributed by atoms with Crippen molar-refractivity contribution in [2.75, 3.05) is 0 Å². The number of hydrogen-bond donors (Lipinski definition) is 2. The Labute approximate surface area is 55.8 Å². The summed E-state index contributed by atoms with van der Waals surface area (Å²) in [4.78, 5) is 0. The predicted molar refractivity (Wildman–Crippen MR) is 37.1 cm³/mol. The van der Waals surface area contributed by atoms with Crippen LogP contribution < -0.4 is 0 Å². The molecule has 2 atom stereocenters. The van der Waals surface area contributed by atoms with E-state index in [0.29, 0.717) is 12.8 Å². The molecule has 0 amide bonds. The average Bonchev–Trinajstić information content (AvgIpc) is 1.87. The van der Waals surface area contributed by atoms with E-state index in [0.717, 1.165) is 0 Å². The van der Waals surface area contributed by atoms with Gasteiger partial charge in [0.1, 0.15) is 0 Å². The van der Waals surface area contributed by atoms with Crippen LogP contribution in [-0.4, -0.2) is 22.4 Å². The van der Waals surface area contributed by atoms with E-state index in [9.17, 15) is 0 Å². The van der Waals surface area contributed by atoms with Gasteiger partial charge in [-0.2, -0.15) is 0 Å². The van der Waals surface area contributed by atoms with Crippen LogP contribution in [0.4, 0.5) is 0 Å². The molecule has 0 spiro atoms. The summed E-state index contributed by atoms with van der Waals surface area (Å²) in [6, 6.07) is 0. The first kappa shape index (κ1) is 8.66. The maximum Gasteiger partial charge on any atom is 0.0742 e. The Morgan fingerprint density at radius 2 is 2.11 bits per heavy atom. The van der Waals surface area contributed by atoms with Crippen LogP contribution in [0.1, 0.15) is 19.8 Å². The molecule has 0 saturated carbocycles. The van der Waals surface area contributed by atoms with Crippen molar-refractivity contribution in [2.24, 2.45) is 0 Å². The molecule has 0 aromatic heterocycles. The predicted octanol–water partition coefficient (Wildman–Crippen LogP) is 0.694. The summed E-state index contributed by atoms with van der Waals surface area (Å²) in [5, 5.41) is 17.8. The van der Waals surface area contributed by atoms with Gasteiger partial charge < -0.3 is 10.2 Å². The second kappa shape index (κ2) is 4.53. The Balaban J connectivity index is 3.33. The van der Waals surface area contributed by atoms with E-state index < -0.39 is 12.2 Å². The highest BCUT2D eigenvalue weighted by Crippen LogP contribution is 2.01. The van der Waals surface area contributed by atoms with Crippen molar-refractivity contribution in [1.29, 1.82) is 0 Å². The largest absolute Gasteiger partial charge is 0.393 e. The van der Waals surface area contributed by atoms with E-state index in [-0.39, 0.29) is 0 Å². The van der Waals surface area contributed by atoms with Crippen LogP contribution >= 0.6 is 0 Å². The first-order valence-electron chi connectivity index (χ1n) is 3.19. The summed E-state index contributed by atoms with van der Waals surface area (Å²) in [5.41, 5.74) is 0. The van der Waals surface area contributed by atoms with Gasteiger partial charge in [0.15, 0.2) is 0 Å². The van der Waals surface area contributed by atoms with Gasteiger partial charge in [-0.15, -0.1) is 6.58 Å². The van der Waals surface area contributed by atoms with Gasteiger partial charge in [-0.3, -0.25) is 0 Å². The van der Waals surface area contributed by atoms with Crippen molar-refractivity contribution in [2.45, 2.75) is 32.0 Å². The SMILES string of the molecule is C=C[C@@H](O)C[C@H](O)CC. The molecule has 0 aliphatic heterocycles. The highest BCUT2D eigenvalue weighted by Gasteiger charge is 2.04. The lowest BCUT2D eigenvalue weighted by Crippen LogP contribution is -2.14. The second-order valence-electron chi connectivity index (χ2n) is 2.10. The molecule has 0 fully saturated rings. The fraction of sp³-hybridized carbons (Fsp3) is 0.714. The van der Waals surface area contributed by atoms with Crippen molar-refractivity contribution >= 4 is 0 Å². The number of rotatable bonds is 4. The van der Waals surface area contributed by atoms with Gasteiger partial charge >= 0.3 is 0 Å². The fourth-order valence-corrected chi connectivity index (χ4v) is 0.542. The molecule has 0 aliphatic carbocycles. The summed E-state index contributed by atoms with van der Waals surface area (Å²) < 4.78 is 0. The van der Waals surface area contributed by atoms with Crippen LogP contribution in [-0.2, 0) is 0 Å². The van der Waals surface area contributed by atoms with Gasteiger partial charge in [0.2, 0.25) is 0 Å². The minimum absolute atomic E-state index is 0.391. The van der Waals surface area contributed by atoms with Crippen LogP contribution in [0.2, 0.25) is 0 Å². The summed E-state index contributed by atoms with van der Waals surface area (Å²) in [5.74, 6) is 0. The molecule has 0 rings (SSSR count). The molecule has 54 valence electrons. The van der Waals surface area contributed by atoms with E-state index >= 15 is 0 Å². The molecular formula is C7H14O2. The Hall–Kier alpha value is -0.340. The summed E-state index contributed by atoms with van der Waals surface area (Å²) >= 11 is 0.